The van der Waals surface area contributed by atoms with Gasteiger partial charge in [-0.3, -0.25) is 14.5 Å². The van der Waals surface area contributed by atoms with Crippen molar-refractivity contribution in [3.8, 4) is 17.3 Å². The molecule has 0 radical (unpaired) electrons. The first-order valence-corrected chi connectivity index (χ1v) is 8.78. The third-order valence-corrected chi connectivity index (χ3v) is 4.32. The highest BCUT2D eigenvalue weighted by molar-refractivity contribution is 5.93. The second-order valence-electron chi connectivity index (χ2n) is 6.48. The number of nitrogens with zero attached hydrogens (tertiary/aromatic N) is 4. The zero-order valence-corrected chi connectivity index (χ0v) is 15.4. The van der Waals surface area contributed by atoms with Gasteiger partial charge in [0.2, 0.25) is 5.91 Å². The number of carbonyl (C=O) groups is 1. The third kappa shape index (κ3) is 4.81. The van der Waals surface area contributed by atoms with Crippen LogP contribution in [-0.2, 0) is 19.1 Å². The van der Waals surface area contributed by atoms with Crippen LogP contribution in [0.15, 0.2) is 42.6 Å². The van der Waals surface area contributed by atoms with Crippen molar-refractivity contribution < 1.29 is 22.4 Å². The summed E-state index contributed by atoms with van der Waals surface area (Å²) in [5, 5.41) is 12.7. The van der Waals surface area contributed by atoms with E-state index in [1.807, 2.05) is 10.7 Å². The van der Waals surface area contributed by atoms with Crippen LogP contribution in [0.2, 0.25) is 0 Å². The number of fused-ring (bicyclic) bond motifs is 1. The van der Waals surface area contributed by atoms with Crippen LogP contribution in [0.1, 0.15) is 33.7 Å². The number of amides is 1. The van der Waals surface area contributed by atoms with Gasteiger partial charge in [0.1, 0.15) is 11.5 Å². The monoisotopic (exact) mass is 417 g/mol. The van der Waals surface area contributed by atoms with Crippen molar-refractivity contribution in [1.29, 1.82) is 5.26 Å². The van der Waals surface area contributed by atoms with Gasteiger partial charge in [-0.05, 0) is 49.2 Å². The van der Waals surface area contributed by atoms with E-state index >= 15 is 0 Å². The number of aromatic nitrogens is 3. The summed E-state index contributed by atoms with van der Waals surface area (Å²) in [6, 6.07) is 9.42. The molecule has 0 saturated heterocycles. The largest absolute Gasteiger partial charge is 0.433 e. The summed E-state index contributed by atoms with van der Waals surface area (Å²) < 4.78 is 52.1. The number of alkyl halides is 3. The summed E-state index contributed by atoms with van der Waals surface area (Å²) in [7, 11) is 0. The Labute approximate surface area is 168 Å². The first-order valence-electron chi connectivity index (χ1n) is 8.78. The van der Waals surface area contributed by atoms with Gasteiger partial charge in [-0.15, -0.1) is 0 Å². The van der Waals surface area contributed by atoms with Gasteiger partial charge in [0.15, 0.2) is 0 Å². The smallest absolute Gasteiger partial charge is 0.366 e. The van der Waals surface area contributed by atoms with E-state index < -0.39 is 23.6 Å². The van der Waals surface area contributed by atoms with Crippen LogP contribution in [0.4, 0.5) is 17.6 Å². The van der Waals surface area contributed by atoms with E-state index in [2.05, 4.69) is 10.1 Å². The highest BCUT2D eigenvalue weighted by Crippen LogP contribution is 2.30. The van der Waals surface area contributed by atoms with Gasteiger partial charge >= 0.3 is 6.18 Å². The minimum Gasteiger partial charge on any atom is -0.366 e. The Kier molecular flexibility index (Phi) is 5.82. The number of hydrogen-bond acceptors (Lipinski definition) is 4. The van der Waals surface area contributed by atoms with Crippen molar-refractivity contribution in [2.45, 2.75) is 25.6 Å². The quantitative estimate of drug-likeness (QED) is 0.643. The van der Waals surface area contributed by atoms with Crippen LogP contribution in [0, 0.1) is 17.1 Å². The number of benzene rings is 1. The van der Waals surface area contributed by atoms with Gasteiger partial charge in [-0.25, -0.2) is 4.39 Å². The summed E-state index contributed by atoms with van der Waals surface area (Å²) in [5.74, 6) is -1.38. The molecule has 4 rings (SSSR count). The molecule has 3 aromatic rings. The van der Waals surface area contributed by atoms with Crippen molar-refractivity contribution in [3.05, 3.63) is 70.9 Å². The molecule has 0 fully saturated rings. The first-order chi connectivity index (χ1) is 14.2. The van der Waals surface area contributed by atoms with Crippen LogP contribution >= 0.6 is 0 Å². The molecular formula is C20H15F4N5O. The maximum absolute atomic E-state index is 12.6. The Balaban J connectivity index is 0.000000187. The fourth-order valence-electron chi connectivity index (χ4n) is 2.94. The van der Waals surface area contributed by atoms with Gasteiger partial charge in [-0.2, -0.15) is 23.5 Å². The van der Waals surface area contributed by atoms with E-state index in [4.69, 9.17) is 11.0 Å². The minimum atomic E-state index is -4.42. The van der Waals surface area contributed by atoms with Crippen molar-refractivity contribution in [1.82, 2.24) is 14.8 Å². The summed E-state index contributed by atoms with van der Waals surface area (Å²) in [6.45, 7) is 0.840. The van der Waals surface area contributed by atoms with E-state index in [-0.39, 0.29) is 11.1 Å². The van der Waals surface area contributed by atoms with Gasteiger partial charge < -0.3 is 5.73 Å². The Hall–Kier alpha value is -3.74. The van der Waals surface area contributed by atoms with Crippen molar-refractivity contribution >= 4 is 5.91 Å². The molecule has 0 atom stereocenters. The maximum Gasteiger partial charge on any atom is 0.433 e. The van der Waals surface area contributed by atoms with Gasteiger partial charge in [-0.1, -0.05) is 0 Å². The highest BCUT2D eigenvalue weighted by Gasteiger charge is 2.32. The lowest BCUT2D eigenvalue weighted by Crippen LogP contribution is -2.11. The van der Waals surface area contributed by atoms with E-state index in [0.29, 0.717) is 11.3 Å². The Morgan fingerprint density at radius 2 is 1.97 bits per heavy atom. The van der Waals surface area contributed by atoms with E-state index in [1.165, 1.54) is 12.3 Å². The molecule has 1 amide bonds. The number of hydrogen-bond donors (Lipinski definition) is 1. The molecular weight excluding hydrogens is 402 g/mol. The standard InChI is InChI=1S/C12H10F3N3.C8H5FN2O/c13-12(14,15)11-6-8(3-4-16-11)10-7-9-2-1-5-18(9)17-10;9-7-2-5(4-10)1-6(3-7)8(11)12/h3-4,6-7H,1-2,5H2;1-3H,(H2,11,12). The molecule has 0 saturated carbocycles. The highest BCUT2D eigenvalue weighted by atomic mass is 19.4. The summed E-state index contributed by atoms with van der Waals surface area (Å²) >= 11 is 0. The number of carbonyl (C=O) groups excluding carboxylic acids is 1. The van der Waals surface area contributed by atoms with E-state index in [9.17, 15) is 22.4 Å². The Morgan fingerprint density at radius 1 is 1.20 bits per heavy atom. The molecule has 0 unspecified atom stereocenters. The van der Waals surface area contributed by atoms with Crippen molar-refractivity contribution in [2.75, 3.05) is 0 Å². The van der Waals surface area contributed by atoms with Gasteiger partial charge in [0, 0.05) is 29.6 Å². The van der Waals surface area contributed by atoms with Gasteiger partial charge in [0.25, 0.3) is 0 Å². The maximum atomic E-state index is 12.6. The molecule has 3 heterocycles. The van der Waals surface area contributed by atoms with Crippen LogP contribution in [0.25, 0.3) is 11.3 Å². The lowest BCUT2D eigenvalue weighted by atomic mass is 10.1. The fourth-order valence-corrected chi connectivity index (χ4v) is 2.94. The number of pyridine rings is 1. The molecule has 0 spiro atoms. The van der Waals surface area contributed by atoms with Crippen LogP contribution in [-0.4, -0.2) is 20.7 Å². The molecule has 1 aromatic carbocycles. The van der Waals surface area contributed by atoms with E-state index in [0.717, 1.165) is 43.3 Å². The molecule has 1 aliphatic rings. The topological polar surface area (TPSA) is 97.6 Å². The number of nitriles is 1. The second-order valence-corrected chi connectivity index (χ2v) is 6.48. The third-order valence-electron chi connectivity index (χ3n) is 4.32. The lowest BCUT2D eigenvalue weighted by Gasteiger charge is -2.06. The summed E-state index contributed by atoms with van der Waals surface area (Å²) in [6.07, 6.45) is -1.27. The molecule has 10 heteroatoms. The zero-order valence-electron chi connectivity index (χ0n) is 15.4. The van der Waals surface area contributed by atoms with Crippen LogP contribution < -0.4 is 5.73 Å². The SMILES string of the molecule is FC(F)(F)c1cc(-c2cc3n(n2)CCC3)ccn1.N#Cc1cc(F)cc(C(N)=O)c1. The fraction of sp³-hybridized carbons (Fsp3) is 0.200. The Bertz CT molecular complexity index is 1110. The Morgan fingerprint density at radius 3 is 2.60 bits per heavy atom. The average Bonchev–Trinajstić information content (AvgIpc) is 3.29. The summed E-state index contributed by atoms with van der Waals surface area (Å²) in [5.41, 5.74) is 6.22. The number of nitrogens with two attached hydrogens (primary N) is 1. The first kappa shape index (κ1) is 21.0. The van der Waals surface area contributed by atoms with Crippen LogP contribution in [0.3, 0.4) is 0 Å². The molecule has 154 valence electrons. The number of aryl methyl sites for hydroxylation is 2. The normalized spacial score (nSPS) is 12.5. The van der Waals surface area contributed by atoms with Crippen molar-refractivity contribution in [2.24, 2.45) is 5.73 Å². The predicted octanol–water partition coefficient (Wildman–Crippen LogP) is 3.71. The zero-order chi connectivity index (χ0) is 21.9. The number of rotatable bonds is 2. The molecule has 1 aliphatic heterocycles. The number of halogens is 4. The van der Waals surface area contributed by atoms with Crippen molar-refractivity contribution in [3.63, 3.8) is 0 Å². The van der Waals surface area contributed by atoms with Crippen LogP contribution in [0.5, 0.6) is 0 Å². The predicted molar refractivity (Wildman–Crippen MR) is 98.4 cm³/mol. The second kappa shape index (κ2) is 8.32. The van der Waals surface area contributed by atoms with Gasteiger partial charge in [0.05, 0.1) is 17.3 Å². The molecule has 0 aliphatic carbocycles. The molecule has 0 bridgehead atoms. The number of primary amides is 1. The molecule has 6 nitrogen and oxygen atoms in total. The minimum absolute atomic E-state index is 0.00606. The molecule has 2 N–H and O–H groups in total. The molecule has 30 heavy (non-hydrogen) atoms. The van der Waals surface area contributed by atoms with E-state index in [1.54, 1.807) is 12.1 Å². The molecule has 2 aromatic heterocycles. The summed E-state index contributed by atoms with van der Waals surface area (Å²) in [4.78, 5) is 13.9. The average molecular weight is 417 g/mol. The lowest BCUT2D eigenvalue weighted by molar-refractivity contribution is -0.141.